The predicted octanol–water partition coefficient (Wildman–Crippen LogP) is 1.21. The number of hydrogen-bond donors (Lipinski definition) is 3. The van der Waals surface area contributed by atoms with Crippen molar-refractivity contribution >= 4 is 11.7 Å². The fourth-order valence-electron chi connectivity index (χ4n) is 1.67. The minimum Gasteiger partial charge on any atom is -0.493 e. The summed E-state index contributed by atoms with van der Waals surface area (Å²) in [5, 5.41) is 9.83. The van der Waals surface area contributed by atoms with Crippen molar-refractivity contribution in [2.75, 3.05) is 14.2 Å². The third-order valence-corrected chi connectivity index (χ3v) is 2.64. The number of methoxy groups -OCH3 is 2. The van der Waals surface area contributed by atoms with Gasteiger partial charge < -0.3 is 20.5 Å². The molecule has 0 aliphatic rings. The van der Waals surface area contributed by atoms with Gasteiger partial charge in [-0.3, -0.25) is 10.2 Å². The normalized spacial score (nSPS) is 11.5. The molecule has 0 saturated carbocycles. The van der Waals surface area contributed by atoms with Crippen LogP contribution in [0.1, 0.15) is 24.9 Å². The molecular weight excluding hydrogens is 246 g/mol. The lowest BCUT2D eigenvalue weighted by Crippen LogP contribution is -2.30. The summed E-state index contributed by atoms with van der Waals surface area (Å²) < 4.78 is 10.4. The van der Waals surface area contributed by atoms with Crippen molar-refractivity contribution in [3.8, 4) is 11.5 Å². The van der Waals surface area contributed by atoms with E-state index in [9.17, 15) is 4.79 Å². The van der Waals surface area contributed by atoms with E-state index in [0.29, 0.717) is 11.5 Å². The van der Waals surface area contributed by atoms with E-state index < -0.39 is 0 Å². The van der Waals surface area contributed by atoms with Crippen LogP contribution < -0.4 is 20.5 Å². The molecular formula is C13H19N3O3. The van der Waals surface area contributed by atoms with Crippen molar-refractivity contribution < 1.29 is 14.3 Å². The van der Waals surface area contributed by atoms with E-state index in [1.165, 1.54) is 0 Å². The lowest BCUT2D eigenvalue weighted by Gasteiger charge is -2.16. The van der Waals surface area contributed by atoms with Gasteiger partial charge in [0.15, 0.2) is 11.5 Å². The van der Waals surface area contributed by atoms with Crippen LogP contribution in [0.5, 0.6) is 11.5 Å². The molecule has 0 heterocycles. The van der Waals surface area contributed by atoms with E-state index in [2.05, 4.69) is 5.32 Å². The standard InChI is InChI=1S/C13H19N3O3/c1-8(16-13(17)7-12(14)15)9-4-5-10(18-2)11(6-9)19-3/h4-6,8H,7H2,1-3H3,(H3,14,15)(H,16,17)/t8-/m1/s1. The van der Waals surface area contributed by atoms with E-state index in [1.807, 2.05) is 13.0 Å². The Kier molecular flexibility index (Phi) is 5.17. The van der Waals surface area contributed by atoms with Crippen LogP contribution >= 0.6 is 0 Å². The zero-order valence-electron chi connectivity index (χ0n) is 11.3. The first-order valence-electron chi connectivity index (χ1n) is 5.82. The van der Waals surface area contributed by atoms with Crippen LogP contribution in [0.15, 0.2) is 18.2 Å². The van der Waals surface area contributed by atoms with Crippen molar-refractivity contribution in [1.29, 1.82) is 5.41 Å². The molecule has 19 heavy (non-hydrogen) atoms. The largest absolute Gasteiger partial charge is 0.493 e. The number of hydrogen-bond acceptors (Lipinski definition) is 4. The fraction of sp³-hybridized carbons (Fsp3) is 0.385. The molecule has 6 heteroatoms. The third kappa shape index (κ3) is 4.17. The predicted molar refractivity (Wildman–Crippen MR) is 72.6 cm³/mol. The van der Waals surface area contributed by atoms with Crippen molar-refractivity contribution in [3.63, 3.8) is 0 Å². The summed E-state index contributed by atoms with van der Waals surface area (Å²) in [4.78, 5) is 11.5. The zero-order chi connectivity index (χ0) is 14.4. The van der Waals surface area contributed by atoms with E-state index in [0.717, 1.165) is 5.56 Å². The molecule has 0 fully saturated rings. The maximum absolute atomic E-state index is 11.5. The highest BCUT2D eigenvalue weighted by molar-refractivity contribution is 5.97. The number of carbonyl (C=O) groups is 1. The molecule has 0 aromatic heterocycles. The van der Waals surface area contributed by atoms with Crippen LogP contribution in [0.25, 0.3) is 0 Å². The van der Waals surface area contributed by atoms with Gasteiger partial charge in [-0.2, -0.15) is 0 Å². The van der Waals surface area contributed by atoms with Gasteiger partial charge in [-0.1, -0.05) is 6.07 Å². The summed E-state index contributed by atoms with van der Waals surface area (Å²) in [5.74, 6) is 0.799. The first-order chi connectivity index (χ1) is 8.97. The second kappa shape index (κ2) is 6.63. The second-order valence-corrected chi connectivity index (χ2v) is 4.11. The van der Waals surface area contributed by atoms with Gasteiger partial charge in [0.2, 0.25) is 5.91 Å². The Morgan fingerprint density at radius 2 is 2.00 bits per heavy atom. The molecule has 0 saturated heterocycles. The lowest BCUT2D eigenvalue weighted by molar-refractivity contribution is -0.120. The van der Waals surface area contributed by atoms with Crippen LogP contribution in [0, 0.1) is 5.41 Å². The van der Waals surface area contributed by atoms with Gasteiger partial charge in [-0.05, 0) is 24.6 Å². The SMILES string of the molecule is COc1ccc([C@@H](C)NC(=O)CC(=N)N)cc1OC. The number of amides is 1. The summed E-state index contributed by atoms with van der Waals surface area (Å²) in [6.07, 6.45) is -0.0996. The molecule has 6 nitrogen and oxygen atoms in total. The molecule has 1 aromatic rings. The molecule has 1 amide bonds. The Bertz CT molecular complexity index is 474. The van der Waals surface area contributed by atoms with E-state index in [-0.39, 0.29) is 24.2 Å². The molecule has 0 bridgehead atoms. The molecule has 0 unspecified atom stereocenters. The van der Waals surface area contributed by atoms with Gasteiger partial charge in [0.1, 0.15) is 0 Å². The highest BCUT2D eigenvalue weighted by Gasteiger charge is 2.13. The lowest BCUT2D eigenvalue weighted by atomic mass is 10.1. The highest BCUT2D eigenvalue weighted by Crippen LogP contribution is 2.29. The molecule has 0 spiro atoms. The van der Waals surface area contributed by atoms with Crippen LogP contribution in [0.2, 0.25) is 0 Å². The molecule has 0 radical (unpaired) electrons. The second-order valence-electron chi connectivity index (χ2n) is 4.11. The van der Waals surface area contributed by atoms with Crippen LogP contribution in [-0.4, -0.2) is 26.0 Å². The molecule has 4 N–H and O–H groups in total. The van der Waals surface area contributed by atoms with Gasteiger partial charge in [-0.25, -0.2) is 0 Å². The minimum absolute atomic E-state index is 0.0996. The summed E-state index contributed by atoms with van der Waals surface area (Å²) in [6, 6.07) is 5.23. The summed E-state index contributed by atoms with van der Waals surface area (Å²) in [7, 11) is 3.12. The topological polar surface area (TPSA) is 97.4 Å². The number of amidine groups is 1. The molecule has 0 aliphatic carbocycles. The number of nitrogens with one attached hydrogen (secondary N) is 2. The summed E-state index contributed by atoms with van der Waals surface area (Å²) in [6.45, 7) is 1.85. The van der Waals surface area contributed by atoms with Crippen molar-refractivity contribution in [2.24, 2.45) is 5.73 Å². The van der Waals surface area contributed by atoms with Crippen LogP contribution in [-0.2, 0) is 4.79 Å². The van der Waals surface area contributed by atoms with Gasteiger partial charge in [0.25, 0.3) is 0 Å². The molecule has 0 aliphatic heterocycles. The number of carbonyl (C=O) groups excluding carboxylic acids is 1. The molecule has 1 aromatic carbocycles. The quantitative estimate of drug-likeness (QED) is 0.532. The minimum atomic E-state index is -0.283. The number of benzene rings is 1. The fourth-order valence-corrected chi connectivity index (χ4v) is 1.67. The number of nitrogens with two attached hydrogens (primary N) is 1. The summed E-state index contributed by atoms with van der Waals surface area (Å²) in [5.41, 5.74) is 6.06. The van der Waals surface area contributed by atoms with Crippen molar-refractivity contribution in [1.82, 2.24) is 5.32 Å². The van der Waals surface area contributed by atoms with Gasteiger partial charge in [-0.15, -0.1) is 0 Å². The molecule has 1 rings (SSSR count). The zero-order valence-corrected chi connectivity index (χ0v) is 11.3. The van der Waals surface area contributed by atoms with Crippen molar-refractivity contribution in [3.05, 3.63) is 23.8 Å². The number of rotatable bonds is 6. The molecule has 1 atom stereocenters. The van der Waals surface area contributed by atoms with Crippen LogP contribution in [0.3, 0.4) is 0 Å². The Hall–Kier alpha value is -2.24. The van der Waals surface area contributed by atoms with E-state index in [4.69, 9.17) is 20.6 Å². The third-order valence-electron chi connectivity index (χ3n) is 2.64. The van der Waals surface area contributed by atoms with E-state index in [1.54, 1.807) is 26.4 Å². The Morgan fingerprint density at radius 1 is 1.37 bits per heavy atom. The van der Waals surface area contributed by atoms with Gasteiger partial charge in [0, 0.05) is 0 Å². The Labute approximate surface area is 112 Å². The average molecular weight is 265 g/mol. The van der Waals surface area contributed by atoms with Gasteiger partial charge in [0.05, 0.1) is 32.5 Å². The maximum Gasteiger partial charge on any atom is 0.228 e. The summed E-state index contributed by atoms with van der Waals surface area (Å²) >= 11 is 0. The Balaban J connectivity index is 2.79. The number of ether oxygens (including phenoxy) is 2. The average Bonchev–Trinajstić information content (AvgIpc) is 2.36. The first kappa shape index (κ1) is 14.8. The Morgan fingerprint density at radius 3 is 2.53 bits per heavy atom. The van der Waals surface area contributed by atoms with E-state index >= 15 is 0 Å². The smallest absolute Gasteiger partial charge is 0.228 e. The first-order valence-corrected chi connectivity index (χ1v) is 5.82. The van der Waals surface area contributed by atoms with Crippen LogP contribution in [0.4, 0.5) is 0 Å². The van der Waals surface area contributed by atoms with Crippen molar-refractivity contribution in [2.45, 2.75) is 19.4 Å². The van der Waals surface area contributed by atoms with Gasteiger partial charge >= 0.3 is 0 Å². The highest BCUT2D eigenvalue weighted by atomic mass is 16.5. The molecule has 104 valence electrons. The monoisotopic (exact) mass is 265 g/mol. The maximum atomic E-state index is 11.5.